The highest BCUT2D eigenvalue weighted by atomic mass is 79.9. The lowest BCUT2D eigenvalue weighted by atomic mass is 9.95. The van der Waals surface area contributed by atoms with Gasteiger partial charge in [-0.3, -0.25) is 9.36 Å². The van der Waals surface area contributed by atoms with E-state index in [9.17, 15) is 22.8 Å². The molecule has 1 atom stereocenters. The van der Waals surface area contributed by atoms with Crippen LogP contribution >= 0.6 is 50.5 Å². The van der Waals surface area contributed by atoms with Crippen LogP contribution in [0.15, 0.2) is 86.2 Å². The molecule has 0 bridgehead atoms. The van der Waals surface area contributed by atoms with Crippen molar-refractivity contribution in [2.45, 2.75) is 32.7 Å². The number of rotatable bonds is 9. The first kappa shape index (κ1) is 33.8. The molecule has 1 aliphatic rings. The van der Waals surface area contributed by atoms with Gasteiger partial charge in [0.1, 0.15) is 6.61 Å². The van der Waals surface area contributed by atoms with Gasteiger partial charge >= 0.3 is 12.1 Å². The Bertz CT molecular complexity index is 1990. The third-order valence-electron chi connectivity index (χ3n) is 6.71. The molecule has 0 fully saturated rings. The molecule has 0 saturated heterocycles. The zero-order valence-corrected chi connectivity index (χ0v) is 28.1. The summed E-state index contributed by atoms with van der Waals surface area (Å²) in [7, 11) is 0. The van der Waals surface area contributed by atoms with Gasteiger partial charge in [-0.15, -0.1) is 0 Å². The van der Waals surface area contributed by atoms with Gasteiger partial charge in [-0.2, -0.15) is 13.2 Å². The number of nitrogens with zero attached hydrogens (tertiary/aromatic N) is 2. The largest absolute Gasteiger partial charge is 0.490 e. The van der Waals surface area contributed by atoms with Gasteiger partial charge in [0, 0.05) is 9.50 Å². The van der Waals surface area contributed by atoms with Gasteiger partial charge < -0.3 is 14.2 Å². The minimum atomic E-state index is -5.02. The maximum atomic E-state index is 14.4. The number of hydrogen-bond donors (Lipinski definition) is 0. The topological polar surface area (TPSA) is 79.1 Å². The first-order valence-electron chi connectivity index (χ1n) is 13.8. The van der Waals surface area contributed by atoms with E-state index in [1.54, 1.807) is 19.1 Å². The standard InChI is InChI=1S/C32H24BrCl2F3N2O5S/c1-3-43-23-14-18(13-22(35)27(23)45-16-17-5-9-20(33)10-6-17)15-24-29(41)40-26(19-7-11-21(34)12-8-19)25(30(42)44-4-2)28(32(36,37)38)39-31(40)46-24/h5-15,26H,3-4,16H2,1-2H3/b24-15-/t26-/m1/s1. The molecule has 4 aromatic rings. The van der Waals surface area contributed by atoms with Crippen LogP contribution in [0.1, 0.15) is 36.6 Å². The summed E-state index contributed by atoms with van der Waals surface area (Å²) in [4.78, 5) is 30.5. The summed E-state index contributed by atoms with van der Waals surface area (Å²) in [6.45, 7) is 3.57. The summed E-state index contributed by atoms with van der Waals surface area (Å²) in [5.41, 5.74) is -1.37. The summed E-state index contributed by atoms with van der Waals surface area (Å²) in [6, 6.07) is 15.1. The summed E-state index contributed by atoms with van der Waals surface area (Å²) < 4.78 is 61.9. The molecule has 0 amide bonds. The number of benzene rings is 3. The summed E-state index contributed by atoms with van der Waals surface area (Å²) in [5.74, 6) is -0.629. The molecule has 7 nitrogen and oxygen atoms in total. The fourth-order valence-corrected chi connectivity index (χ4v) is 6.43. The van der Waals surface area contributed by atoms with Crippen LogP contribution in [0.2, 0.25) is 10.0 Å². The predicted octanol–water partition coefficient (Wildman–Crippen LogP) is 7.39. The van der Waals surface area contributed by atoms with Crippen molar-refractivity contribution >= 4 is 62.5 Å². The zero-order valence-electron chi connectivity index (χ0n) is 24.2. The van der Waals surface area contributed by atoms with Crippen LogP contribution in [0, 0.1) is 0 Å². The fourth-order valence-electron chi connectivity index (χ4n) is 4.76. The van der Waals surface area contributed by atoms with Crippen molar-refractivity contribution in [3.05, 3.63) is 123 Å². The van der Waals surface area contributed by atoms with Gasteiger partial charge in [-0.1, -0.05) is 74.7 Å². The number of aromatic nitrogens is 1. The Morgan fingerprint density at radius 3 is 2.37 bits per heavy atom. The highest BCUT2D eigenvalue weighted by Gasteiger charge is 2.45. The number of hydrogen-bond acceptors (Lipinski definition) is 7. The molecule has 0 saturated carbocycles. The number of allylic oxidation sites excluding steroid dienone is 1. The minimum absolute atomic E-state index is 0.0476. The van der Waals surface area contributed by atoms with Crippen molar-refractivity contribution in [3.63, 3.8) is 0 Å². The van der Waals surface area contributed by atoms with Gasteiger partial charge in [0.25, 0.3) is 5.56 Å². The van der Waals surface area contributed by atoms with Gasteiger partial charge in [0.2, 0.25) is 0 Å². The summed E-state index contributed by atoms with van der Waals surface area (Å²) in [6.07, 6.45) is -3.55. The average molecular weight is 756 g/mol. The van der Waals surface area contributed by atoms with Crippen molar-refractivity contribution in [1.82, 2.24) is 4.57 Å². The lowest BCUT2D eigenvalue weighted by Crippen LogP contribution is -2.41. The second-order valence-corrected chi connectivity index (χ2v) is 12.6. The molecular formula is C32H24BrCl2F3N2O5S. The fraction of sp³-hybridized carbons (Fsp3) is 0.219. The quantitative estimate of drug-likeness (QED) is 0.167. The first-order valence-corrected chi connectivity index (χ1v) is 16.2. The SMILES string of the molecule is CCOC(=O)C1=C(C(F)(F)F)N=c2s/c(=C\c3cc(Cl)c(OCc4ccc(Br)cc4)c(OCC)c3)c(=O)n2[C@@H]1c1ccc(Cl)cc1. The van der Waals surface area contributed by atoms with Crippen LogP contribution in [-0.2, 0) is 16.1 Å². The molecule has 1 aliphatic heterocycles. The number of carbonyl (C=O) groups is 1. The number of alkyl halides is 3. The number of halogens is 6. The van der Waals surface area contributed by atoms with Gasteiger partial charge in [-0.25, -0.2) is 9.79 Å². The Morgan fingerprint density at radius 1 is 1.04 bits per heavy atom. The number of ether oxygens (including phenoxy) is 3. The normalized spacial score (nSPS) is 15.0. The van der Waals surface area contributed by atoms with Crippen LogP contribution in [0.25, 0.3) is 6.08 Å². The molecule has 1 aromatic heterocycles. The number of esters is 1. The molecule has 0 spiro atoms. The third kappa shape index (κ3) is 7.20. The average Bonchev–Trinajstić information content (AvgIpc) is 3.31. The molecule has 3 aromatic carbocycles. The van der Waals surface area contributed by atoms with Crippen molar-refractivity contribution in [2.24, 2.45) is 4.99 Å². The van der Waals surface area contributed by atoms with Gasteiger partial charge in [0.15, 0.2) is 22.0 Å². The van der Waals surface area contributed by atoms with E-state index in [0.717, 1.165) is 25.9 Å². The Labute approximate surface area is 283 Å². The second-order valence-electron chi connectivity index (χ2n) is 9.79. The Balaban J connectivity index is 1.64. The van der Waals surface area contributed by atoms with Gasteiger partial charge in [0.05, 0.1) is 34.4 Å². The molecule has 0 radical (unpaired) electrons. The molecule has 240 valence electrons. The van der Waals surface area contributed by atoms with E-state index in [0.29, 0.717) is 22.1 Å². The predicted molar refractivity (Wildman–Crippen MR) is 173 cm³/mol. The lowest BCUT2D eigenvalue weighted by Gasteiger charge is -2.26. The number of carbonyl (C=O) groups excluding carboxylic acids is 1. The van der Waals surface area contributed by atoms with E-state index < -0.39 is 35.0 Å². The molecule has 2 heterocycles. The van der Waals surface area contributed by atoms with E-state index in [-0.39, 0.29) is 39.7 Å². The molecule has 5 rings (SSSR count). The monoisotopic (exact) mass is 754 g/mol. The van der Waals surface area contributed by atoms with Crippen LogP contribution in [-0.4, -0.2) is 29.9 Å². The molecule has 0 unspecified atom stereocenters. The highest BCUT2D eigenvalue weighted by Crippen LogP contribution is 2.39. The summed E-state index contributed by atoms with van der Waals surface area (Å²) in [5, 5.41) is 0.519. The molecule has 46 heavy (non-hydrogen) atoms. The molecular weight excluding hydrogens is 732 g/mol. The van der Waals surface area contributed by atoms with Crippen LogP contribution in [0.5, 0.6) is 11.5 Å². The first-order chi connectivity index (χ1) is 21.9. The van der Waals surface area contributed by atoms with Crippen LogP contribution < -0.4 is 24.4 Å². The summed E-state index contributed by atoms with van der Waals surface area (Å²) >= 11 is 16.8. The number of fused-ring (bicyclic) bond motifs is 1. The van der Waals surface area contributed by atoms with Crippen molar-refractivity contribution in [3.8, 4) is 11.5 Å². The van der Waals surface area contributed by atoms with Crippen molar-refractivity contribution in [2.75, 3.05) is 13.2 Å². The second kappa shape index (κ2) is 14.0. The minimum Gasteiger partial charge on any atom is -0.490 e. The smallest absolute Gasteiger partial charge is 0.434 e. The van der Waals surface area contributed by atoms with Crippen LogP contribution in [0.3, 0.4) is 0 Å². The maximum Gasteiger partial charge on any atom is 0.434 e. The van der Waals surface area contributed by atoms with E-state index >= 15 is 0 Å². The Hall–Kier alpha value is -3.58. The maximum absolute atomic E-state index is 14.4. The van der Waals surface area contributed by atoms with Crippen molar-refractivity contribution in [1.29, 1.82) is 0 Å². The zero-order chi connectivity index (χ0) is 33.2. The molecule has 14 heteroatoms. The van der Waals surface area contributed by atoms with Gasteiger partial charge in [-0.05, 0) is 73.0 Å². The van der Waals surface area contributed by atoms with Crippen LogP contribution in [0.4, 0.5) is 13.2 Å². The van der Waals surface area contributed by atoms with Crippen molar-refractivity contribution < 1.29 is 32.2 Å². The Kier molecular flexibility index (Phi) is 10.3. The van der Waals surface area contributed by atoms with E-state index in [1.165, 1.54) is 37.3 Å². The highest BCUT2D eigenvalue weighted by molar-refractivity contribution is 9.10. The van der Waals surface area contributed by atoms with E-state index in [2.05, 4.69) is 20.9 Å². The lowest BCUT2D eigenvalue weighted by molar-refractivity contribution is -0.140. The van der Waals surface area contributed by atoms with E-state index in [1.807, 2.05) is 24.3 Å². The van der Waals surface area contributed by atoms with E-state index in [4.69, 9.17) is 37.4 Å². The molecule has 0 aliphatic carbocycles. The Morgan fingerprint density at radius 2 is 1.74 bits per heavy atom. The number of thiazole rings is 1. The molecule has 0 N–H and O–H groups in total. The third-order valence-corrected chi connectivity index (χ3v) is 8.75.